The lowest BCUT2D eigenvalue weighted by Crippen LogP contribution is -2.13. The number of hydrogen-bond acceptors (Lipinski definition) is 4. The average molecular weight is 545 g/mol. The Kier molecular flexibility index (Phi) is 9.18. The number of halogens is 1. The van der Waals surface area contributed by atoms with Crippen molar-refractivity contribution in [1.29, 1.82) is 5.26 Å². The summed E-state index contributed by atoms with van der Waals surface area (Å²) >= 11 is 3.45. The lowest BCUT2D eigenvalue weighted by Gasteiger charge is -2.22. The van der Waals surface area contributed by atoms with E-state index in [0.29, 0.717) is 36.1 Å². The Hall–Kier alpha value is -3.56. The van der Waals surface area contributed by atoms with Crippen LogP contribution in [0.5, 0.6) is 11.5 Å². The highest BCUT2D eigenvalue weighted by Crippen LogP contribution is 2.33. The van der Waals surface area contributed by atoms with E-state index in [-0.39, 0.29) is 5.57 Å². The average Bonchev–Trinajstić information content (AvgIpc) is 2.92. The molecule has 0 spiro atoms. The van der Waals surface area contributed by atoms with Crippen LogP contribution in [0.1, 0.15) is 49.1 Å². The van der Waals surface area contributed by atoms with Crippen molar-refractivity contribution in [2.45, 2.75) is 38.0 Å². The Labute approximate surface area is 220 Å². The summed E-state index contributed by atoms with van der Waals surface area (Å²) in [7, 11) is 0. The topological polar surface area (TPSA) is 71.3 Å². The molecule has 0 atom stereocenters. The highest BCUT2D eigenvalue weighted by Gasteiger charge is 2.15. The van der Waals surface area contributed by atoms with Crippen molar-refractivity contribution in [3.8, 4) is 17.6 Å². The SMILES string of the molecule is N#C/C(=C\c1cc(Br)ccc1OCCOc1ccc(C2CCCCC2)cc1)C(=O)Nc1ccccc1. The van der Waals surface area contributed by atoms with Gasteiger partial charge in [0.05, 0.1) is 0 Å². The highest BCUT2D eigenvalue weighted by molar-refractivity contribution is 9.10. The molecule has 1 saturated carbocycles. The molecule has 1 aliphatic rings. The first-order valence-corrected chi connectivity index (χ1v) is 13.0. The first-order chi connectivity index (χ1) is 17.6. The molecule has 0 saturated heterocycles. The van der Waals surface area contributed by atoms with Crippen LogP contribution in [0.3, 0.4) is 0 Å². The van der Waals surface area contributed by atoms with Crippen molar-refractivity contribution in [2.75, 3.05) is 18.5 Å². The van der Waals surface area contributed by atoms with E-state index >= 15 is 0 Å². The van der Waals surface area contributed by atoms with Gasteiger partial charge in [-0.05, 0) is 72.9 Å². The summed E-state index contributed by atoms with van der Waals surface area (Å²) in [6.07, 6.45) is 8.08. The number of nitrogens with zero attached hydrogens (tertiary/aromatic N) is 1. The molecule has 184 valence electrons. The van der Waals surface area contributed by atoms with Crippen molar-refractivity contribution in [3.63, 3.8) is 0 Å². The molecule has 1 amide bonds. The smallest absolute Gasteiger partial charge is 0.266 e. The quantitative estimate of drug-likeness (QED) is 0.172. The van der Waals surface area contributed by atoms with E-state index < -0.39 is 5.91 Å². The summed E-state index contributed by atoms with van der Waals surface area (Å²) in [6.45, 7) is 0.701. The van der Waals surface area contributed by atoms with Crippen LogP contribution in [0, 0.1) is 11.3 Å². The maximum Gasteiger partial charge on any atom is 0.266 e. The van der Waals surface area contributed by atoms with Crippen LogP contribution < -0.4 is 14.8 Å². The predicted molar refractivity (Wildman–Crippen MR) is 146 cm³/mol. The monoisotopic (exact) mass is 544 g/mol. The minimum Gasteiger partial charge on any atom is -0.490 e. The number of carbonyl (C=O) groups is 1. The van der Waals surface area contributed by atoms with Gasteiger partial charge in [-0.1, -0.05) is 65.5 Å². The van der Waals surface area contributed by atoms with Gasteiger partial charge in [0.1, 0.15) is 36.4 Å². The first-order valence-electron chi connectivity index (χ1n) is 12.3. The van der Waals surface area contributed by atoms with Crippen LogP contribution in [0.2, 0.25) is 0 Å². The number of ether oxygens (including phenoxy) is 2. The Bertz CT molecular complexity index is 1230. The summed E-state index contributed by atoms with van der Waals surface area (Å²) in [5.41, 5.74) is 2.63. The van der Waals surface area contributed by atoms with Crippen molar-refractivity contribution in [3.05, 3.63) is 94.0 Å². The Balaban J connectivity index is 1.35. The van der Waals surface area contributed by atoms with Gasteiger partial charge in [-0.15, -0.1) is 0 Å². The van der Waals surface area contributed by atoms with E-state index in [4.69, 9.17) is 9.47 Å². The largest absolute Gasteiger partial charge is 0.490 e. The van der Waals surface area contributed by atoms with Gasteiger partial charge in [-0.3, -0.25) is 4.79 Å². The zero-order chi connectivity index (χ0) is 25.2. The number of nitrogens with one attached hydrogen (secondary N) is 1. The number of benzene rings is 3. The van der Waals surface area contributed by atoms with Gasteiger partial charge < -0.3 is 14.8 Å². The molecule has 5 nitrogen and oxygen atoms in total. The van der Waals surface area contributed by atoms with E-state index in [2.05, 4.69) is 33.4 Å². The molecule has 1 aliphatic carbocycles. The maximum absolute atomic E-state index is 12.6. The van der Waals surface area contributed by atoms with Gasteiger partial charge in [0.25, 0.3) is 5.91 Å². The van der Waals surface area contributed by atoms with Crippen molar-refractivity contribution in [2.24, 2.45) is 0 Å². The van der Waals surface area contributed by atoms with E-state index in [0.717, 1.165) is 10.2 Å². The second kappa shape index (κ2) is 12.9. The highest BCUT2D eigenvalue weighted by atomic mass is 79.9. The molecule has 1 N–H and O–H groups in total. The third kappa shape index (κ3) is 7.22. The molecular formula is C30H29BrN2O3. The van der Waals surface area contributed by atoms with Gasteiger partial charge >= 0.3 is 0 Å². The molecular weight excluding hydrogens is 516 g/mol. The van der Waals surface area contributed by atoms with Gasteiger partial charge in [0.2, 0.25) is 0 Å². The molecule has 0 radical (unpaired) electrons. The minimum atomic E-state index is -0.477. The molecule has 1 fully saturated rings. The molecule has 6 heteroatoms. The molecule has 0 bridgehead atoms. The minimum absolute atomic E-state index is 0.0175. The lowest BCUT2D eigenvalue weighted by molar-refractivity contribution is -0.112. The molecule has 0 unspecified atom stereocenters. The number of para-hydroxylation sites is 1. The zero-order valence-corrected chi connectivity index (χ0v) is 21.7. The number of hydrogen-bond donors (Lipinski definition) is 1. The van der Waals surface area contributed by atoms with Gasteiger partial charge in [0.15, 0.2) is 0 Å². The van der Waals surface area contributed by atoms with E-state index in [1.165, 1.54) is 43.7 Å². The molecule has 36 heavy (non-hydrogen) atoms. The third-order valence-electron chi connectivity index (χ3n) is 6.23. The zero-order valence-electron chi connectivity index (χ0n) is 20.1. The summed E-state index contributed by atoms with van der Waals surface area (Å²) in [5.74, 6) is 1.58. The fourth-order valence-electron chi connectivity index (χ4n) is 4.37. The van der Waals surface area contributed by atoms with Crippen LogP contribution in [0.4, 0.5) is 5.69 Å². The number of carbonyl (C=O) groups excluding carboxylic acids is 1. The van der Waals surface area contributed by atoms with E-state index in [1.807, 2.05) is 48.5 Å². The molecule has 3 aromatic rings. The van der Waals surface area contributed by atoms with E-state index in [1.54, 1.807) is 18.2 Å². The van der Waals surface area contributed by atoms with Crippen LogP contribution in [-0.2, 0) is 4.79 Å². The third-order valence-corrected chi connectivity index (χ3v) is 6.73. The van der Waals surface area contributed by atoms with E-state index in [9.17, 15) is 10.1 Å². The Morgan fingerprint density at radius 3 is 2.42 bits per heavy atom. The van der Waals surface area contributed by atoms with Gasteiger partial charge in [-0.25, -0.2) is 0 Å². The second-order valence-corrected chi connectivity index (χ2v) is 9.69. The number of anilines is 1. The summed E-state index contributed by atoms with van der Waals surface area (Å²) < 4.78 is 12.6. The first kappa shape index (κ1) is 25.5. The predicted octanol–water partition coefficient (Wildman–Crippen LogP) is 7.50. The normalized spacial score (nSPS) is 14.1. The maximum atomic E-state index is 12.6. The molecule has 4 rings (SSSR count). The fourth-order valence-corrected chi connectivity index (χ4v) is 4.75. The van der Waals surface area contributed by atoms with Crippen LogP contribution in [0.15, 0.2) is 82.8 Å². The number of rotatable bonds is 9. The number of nitriles is 1. The molecule has 0 heterocycles. The number of amides is 1. The molecule has 0 aliphatic heterocycles. The lowest BCUT2D eigenvalue weighted by atomic mass is 9.84. The molecule has 3 aromatic carbocycles. The summed E-state index contributed by atoms with van der Waals surface area (Å²) in [5, 5.41) is 12.3. The molecule has 0 aromatic heterocycles. The van der Waals surface area contributed by atoms with Crippen molar-refractivity contribution in [1.82, 2.24) is 0 Å². The fraction of sp³-hybridized carbons (Fsp3) is 0.267. The summed E-state index contributed by atoms with van der Waals surface area (Å²) in [6, 6.07) is 24.9. The standard InChI is InChI=1S/C30H29BrN2O3/c31-26-13-16-29(24(20-26)19-25(21-32)30(34)33-27-9-5-2-6-10-27)36-18-17-35-28-14-11-23(12-15-28)22-7-3-1-4-8-22/h2,5-6,9-16,19-20,22H,1,3-4,7-8,17-18H2,(H,33,34)/b25-19+. The second-order valence-electron chi connectivity index (χ2n) is 8.77. The van der Waals surface area contributed by atoms with Crippen LogP contribution >= 0.6 is 15.9 Å². The van der Waals surface area contributed by atoms with Gasteiger partial charge in [0, 0.05) is 15.7 Å². The van der Waals surface area contributed by atoms with Gasteiger partial charge in [-0.2, -0.15) is 5.26 Å². The Morgan fingerprint density at radius 2 is 1.69 bits per heavy atom. The Morgan fingerprint density at radius 1 is 0.972 bits per heavy atom. The van der Waals surface area contributed by atoms with Crippen molar-refractivity contribution < 1.29 is 14.3 Å². The van der Waals surface area contributed by atoms with Crippen LogP contribution in [0.25, 0.3) is 6.08 Å². The van der Waals surface area contributed by atoms with Crippen LogP contribution in [-0.4, -0.2) is 19.1 Å². The van der Waals surface area contributed by atoms with Crippen molar-refractivity contribution >= 4 is 33.6 Å². The summed E-state index contributed by atoms with van der Waals surface area (Å²) in [4.78, 5) is 12.6.